The second-order valence-electron chi connectivity index (χ2n) is 4.95. The third-order valence-corrected chi connectivity index (χ3v) is 3.06. The molecule has 16 heavy (non-hydrogen) atoms. The number of rotatable bonds is 3. The number of alkyl halides is 1. The molecule has 0 fully saturated rings. The molecule has 1 aliphatic rings. The molecule has 0 saturated carbocycles. The molecular weight excluding hydrogens is 207 g/mol. The zero-order chi connectivity index (χ0) is 11.8. The van der Waals surface area contributed by atoms with E-state index in [0.29, 0.717) is 12.5 Å². The van der Waals surface area contributed by atoms with E-state index in [1.807, 2.05) is 6.20 Å². The van der Waals surface area contributed by atoms with Crippen LogP contribution >= 0.6 is 0 Å². The Morgan fingerprint density at radius 3 is 3.12 bits per heavy atom. The van der Waals surface area contributed by atoms with Gasteiger partial charge in [0.05, 0.1) is 12.7 Å². The van der Waals surface area contributed by atoms with Gasteiger partial charge in [-0.3, -0.25) is 0 Å². The third-order valence-electron chi connectivity index (χ3n) is 3.06. The van der Waals surface area contributed by atoms with Crippen LogP contribution in [-0.4, -0.2) is 22.1 Å². The standard InChI is InChI=1S/C12H19FN2O/c1-4-5-9(2)10-6-14-15-7-12(3,13)8-16-11(10)15/h6,9H,4-5,7-8H2,1-3H3. The Labute approximate surface area is 95.6 Å². The van der Waals surface area contributed by atoms with Gasteiger partial charge in [-0.05, 0) is 19.3 Å². The lowest BCUT2D eigenvalue weighted by atomic mass is 9.99. The molecule has 2 atom stereocenters. The van der Waals surface area contributed by atoms with Gasteiger partial charge in [-0.1, -0.05) is 20.3 Å². The highest BCUT2D eigenvalue weighted by Crippen LogP contribution is 2.34. The topological polar surface area (TPSA) is 27.1 Å². The van der Waals surface area contributed by atoms with E-state index in [4.69, 9.17) is 4.74 Å². The van der Waals surface area contributed by atoms with E-state index in [-0.39, 0.29) is 6.61 Å². The summed E-state index contributed by atoms with van der Waals surface area (Å²) in [5.74, 6) is 1.19. The minimum absolute atomic E-state index is 0.130. The summed E-state index contributed by atoms with van der Waals surface area (Å²) in [6.07, 6.45) is 4.05. The Hall–Kier alpha value is -1.06. The molecule has 0 radical (unpaired) electrons. The first-order valence-electron chi connectivity index (χ1n) is 5.91. The lowest BCUT2D eigenvalue weighted by Gasteiger charge is -2.27. The van der Waals surface area contributed by atoms with Crippen molar-refractivity contribution in [2.75, 3.05) is 6.61 Å². The van der Waals surface area contributed by atoms with Gasteiger partial charge in [0, 0.05) is 5.56 Å². The maximum Gasteiger partial charge on any atom is 0.215 e. The quantitative estimate of drug-likeness (QED) is 0.792. The van der Waals surface area contributed by atoms with Gasteiger partial charge in [0.2, 0.25) is 5.88 Å². The van der Waals surface area contributed by atoms with Crippen LogP contribution in [-0.2, 0) is 6.54 Å². The highest BCUT2D eigenvalue weighted by molar-refractivity contribution is 5.29. The molecule has 1 aromatic heterocycles. The monoisotopic (exact) mass is 226 g/mol. The van der Waals surface area contributed by atoms with Crippen molar-refractivity contribution < 1.29 is 9.13 Å². The Kier molecular flexibility index (Phi) is 2.91. The maximum absolute atomic E-state index is 13.7. The maximum atomic E-state index is 13.7. The molecule has 4 heteroatoms. The van der Waals surface area contributed by atoms with Crippen molar-refractivity contribution in [3.05, 3.63) is 11.8 Å². The Bertz CT molecular complexity index is 373. The second-order valence-corrected chi connectivity index (χ2v) is 4.95. The molecule has 0 spiro atoms. The second kappa shape index (κ2) is 4.07. The van der Waals surface area contributed by atoms with Crippen LogP contribution in [0.15, 0.2) is 6.20 Å². The van der Waals surface area contributed by atoms with Crippen LogP contribution < -0.4 is 4.74 Å². The van der Waals surface area contributed by atoms with Crippen LogP contribution in [0.1, 0.15) is 45.1 Å². The van der Waals surface area contributed by atoms with Gasteiger partial charge in [0.15, 0.2) is 5.67 Å². The van der Waals surface area contributed by atoms with Crippen molar-refractivity contribution in [1.82, 2.24) is 9.78 Å². The third kappa shape index (κ3) is 2.06. The van der Waals surface area contributed by atoms with E-state index >= 15 is 0 Å². The summed E-state index contributed by atoms with van der Waals surface area (Å²) in [5.41, 5.74) is -0.193. The smallest absolute Gasteiger partial charge is 0.215 e. The molecule has 0 saturated heterocycles. The molecule has 2 heterocycles. The zero-order valence-electron chi connectivity index (χ0n) is 10.2. The van der Waals surface area contributed by atoms with E-state index in [1.54, 1.807) is 11.6 Å². The molecule has 2 unspecified atom stereocenters. The number of aromatic nitrogens is 2. The van der Waals surface area contributed by atoms with Gasteiger partial charge in [-0.2, -0.15) is 5.10 Å². The van der Waals surface area contributed by atoms with Gasteiger partial charge < -0.3 is 4.74 Å². The molecule has 0 amide bonds. The van der Waals surface area contributed by atoms with E-state index in [2.05, 4.69) is 18.9 Å². The summed E-state index contributed by atoms with van der Waals surface area (Å²) in [4.78, 5) is 0. The number of nitrogens with zero attached hydrogens (tertiary/aromatic N) is 2. The predicted octanol–water partition coefficient (Wildman–Crippen LogP) is 2.91. The first-order chi connectivity index (χ1) is 7.53. The highest BCUT2D eigenvalue weighted by Gasteiger charge is 2.33. The van der Waals surface area contributed by atoms with Crippen molar-refractivity contribution >= 4 is 0 Å². The predicted molar refractivity (Wildman–Crippen MR) is 60.6 cm³/mol. The first-order valence-corrected chi connectivity index (χ1v) is 5.91. The lowest BCUT2D eigenvalue weighted by Crippen LogP contribution is -2.38. The molecule has 0 bridgehead atoms. The molecule has 0 N–H and O–H groups in total. The molecule has 1 aliphatic heterocycles. The van der Waals surface area contributed by atoms with Crippen molar-refractivity contribution in [2.45, 2.75) is 51.7 Å². The summed E-state index contributed by atoms with van der Waals surface area (Å²) >= 11 is 0. The lowest BCUT2D eigenvalue weighted by molar-refractivity contribution is 0.0422. The number of ether oxygens (including phenoxy) is 1. The van der Waals surface area contributed by atoms with Crippen molar-refractivity contribution in [2.24, 2.45) is 0 Å². The molecule has 2 rings (SSSR count). The zero-order valence-corrected chi connectivity index (χ0v) is 10.2. The number of hydrogen-bond acceptors (Lipinski definition) is 2. The largest absolute Gasteiger partial charge is 0.474 e. The molecular formula is C12H19FN2O. The van der Waals surface area contributed by atoms with Crippen molar-refractivity contribution in [3.63, 3.8) is 0 Å². The molecule has 90 valence electrons. The van der Waals surface area contributed by atoms with Gasteiger partial charge >= 0.3 is 0 Å². The summed E-state index contributed by atoms with van der Waals surface area (Å²) in [5, 5.41) is 4.21. The molecule has 3 nitrogen and oxygen atoms in total. The number of hydrogen-bond donors (Lipinski definition) is 0. The van der Waals surface area contributed by atoms with Crippen LogP contribution in [0.5, 0.6) is 5.88 Å². The van der Waals surface area contributed by atoms with Crippen LogP contribution in [0.3, 0.4) is 0 Å². The summed E-state index contributed by atoms with van der Waals surface area (Å²) < 4.78 is 20.9. The highest BCUT2D eigenvalue weighted by atomic mass is 19.1. The number of fused-ring (bicyclic) bond motifs is 1. The molecule has 1 aromatic rings. The number of halogens is 1. The van der Waals surface area contributed by atoms with Crippen LogP contribution in [0.25, 0.3) is 0 Å². The molecule has 0 aliphatic carbocycles. The van der Waals surface area contributed by atoms with Crippen LogP contribution in [0, 0.1) is 0 Å². The van der Waals surface area contributed by atoms with Crippen LogP contribution in [0.4, 0.5) is 4.39 Å². The van der Waals surface area contributed by atoms with E-state index < -0.39 is 5.67 Å². The minimum Gasteiger partial charge on any atom is -0.474 e. The fourth-order valence-corrected chi connectivity index (χ4v) is 2.16. The Balaban J connectivity index is 2.22. The summed E-state index contributed by atoms with van der Waals surface area (Å²) in [6.45, 7) is 6.29. The van der Waals surface area contributed by atoms with Gasteiger partial charge in [-0.15, -0.1) is 0 Å². The fraction of sp³-hybridized carbons (Fsp3) is 0.750. The Morgan fingerprint density at radius 1 is 1.69 bits per heavy atom. The van der Waals surface area contributed by atoms with Gasteiger partial charge in [-0.25, -0.2) is 9.07 Å². The average Bonchev–Trinajstić information content (AvgIpc) is 2.59. The van der Waals surface area contributed by atoms with E-state index in [0.717, 1.165) is 24.3 Å². The van der Waals surface area contributed by atoms with Crippen molar-refractivity contribution in [3.8, 4) is 5.88 Å². The van der Waals surface area contributed by atoms with Crippen molar-refractivity contribution in [1.29, 1.82) is 0 Å². The fourth-order valence-electron chi connectivity index (χ4n) is 2.16. The van der Waals surface area contributed by atoms with E-state index in [1.165, 1.54) is 0 Å². The van der Waals surface area contributed by atoms with E-state index in [9.17, 15) is 4.39 Å². The summed E-state index contributed by atoms with van der Waals surface area (Å²) in [6, 6.07) is 0. The molecule has 0 aromatic carbocycles. The Morgan fingerprint density at radius 2 is 2.44 bits per heavy atom. The summed E-state index contributed by atoms with van der Waals surface area (Å²) in [7, 11) is 0. The first kappa shape index (κ1) is 11.4. The average molecular weight is 226 g/mol. The normalized spacial score (nSPS) is 26.0. The SMILES string of the molecule is CCCC(C)c1cnn2c1OCC(C)(F)C2. The minimum atomic E-state index is -1.30. The van der Waals surface area contributed by atoms with Gasteiger partial charge in [0.25, 0.3) is 0 Å². The van der Waals surface area contributed by atoms with Gasteiger partial charge in [0.1, 0.15) is 6.61 Å². The van der Waals surface area contributed by atoms with Crippen LogP contribution in [0.2, 0.25) is 0 Å².